The summed E-state index contributed by atoms with van der Waals surface area (Å²) < 4.78 is 17.8. The third-order valence-corrected chi connectivity index (χ3v) is 7.23. The predicted octanol–water partition coefficient (Wildman–Crippen LogP) is 8.13. The molecule has 0 radical (unpaired) electrons. The molecule has 0 bridgehead atoms. The first-order valence-corrected chi connectivity index (χ1v) is 10.5. The summed E-state index contributed by atoms with van der Waals surface area (Å²) in [5.74, 6) is -0.171. The normalized spacial score (nSPS) is 12.3. The minimum atomic E-state index is -0.171. The topological polar surface area (TPSA) is 15.8 Å². The molecule has 29 heavy (non-hydrogen) atoms. The van der Waals surface area contributed by atoms with Gasteiger partial charge in [-0.15, -0.1) is 11.3 Å². The van der Waals surface area contributed by atoms with Crippen molar-refractivity contribution < 1.29 is 4.39 Å². The van der Waals surface area contributed by atoms with Crippen molar-refractivity contribution in [3.8, 4) is 0 Å². The Kier molecular flexibility index (Phi) is 2.85. The van der Waals surface area contributed by atoms with Gasteiger partial charge in [0.15, 0.2) is 0 Å². The van der Waals surface area contributed by atoms with Gasteiger partial charge in [-0.3, -0.25) is 0 Å². The standard InChI is InChI=1S/C26H14FNS/c27-19-13-14-7-1-2-8-15(14)24-23(19)22-17-10-4-3-9-16(17)21-18-11-5-6-12-20(18)29-26(21)25(22)28-24/h1-13,28H. The minimum absolute atomic E-state index is 0.171. The van der Waals surface area contributed by atoms with Crippen molar-refractivity contribution in [2.75, 3.05) is 0 Å². The molecule has 0 unspecified atom stereocenters. The Bertz CT molecular complexity index is 1770. The number of rotatable bonds is 0. The minimum Gasteiger partial charge on any atom is -0.353 e. The summed E-state index contributed by atoms with van der Waals surface area (Å²) in [5, 5.41) is 8.44. The summed E-state index contributed by atoms with van der Waals surface area (Å²) >= 11 is 1.78. The van der Waals surface area contributed by atoms with E-state index in [1.54, 1.807) is 17.4 Å². The predicted molar refractivity (Wildman–Crippen MR) is 124 cm³/mol. The molecular formula is C26H14FNS. The quantitative estimate of drug-likeness (QED) is 0.268. The Morgan fingerprint density at radius 1 is 0.621 bits per heavy atom. The second-order valence-corrected chi connectivity index (χ2v) is 8.60. The number of H-pyrrole nitrogens is 1. The largest absolute Gasteiger partial charge is 0.353 e. The van der Waals surface area contributed by atoms with E-state index in [1.807, 2.05) is 24.3 Å². The molecule has 0 aliphatic rings. The maximum atomic E-state index is 15.4. The van der Waals surface area contributed by atoms with Crippen LogP contribution in [0.25, 0.3) is 63.5 Å². The van der Waals surface area contributed by atoms with Gasteiger partial charge in [0, 0.05) is 31.6 Å². The van der Waals surface area contributed by atoms with Crippen molar-refractivity contribution in [3.05, 3.63) is 84.7 Å². The lowest BCUT2D eigenvalue weighted by Crippen LogP contribution is -1.81. The van der Waals surface area contributed by atoms with Gasteiger partial charge in [-0.1, -0.05) is 66.7 Å². The molecular weight excluding hydrogens is 377 g/mol. The highest BCUT2D eigenvalue weighted by Gasteiger charge is 2.20. The zero-order valence-corrected chi connectivity index (χ0v) is 16.1. The van der Waals surface area contributed by atoms with E-state index in [0.29, 0.717) is 5.39 Å². The van der Waals surface area contributed by atoms with Crippen LogP contribution in [-0.4, -0.2) is 4.98 Å². The molecule has 0 aliphatic heterocycles. The molecule has 1 nitrogen and oxygen atoms in total. The van der Waals surface area contributed by atoms with Gasteiger partial charge in [0.2, 0.25) is 0 Å². The van der Waals surface area contributed by atoms with Crippen LogP contribution in [0.4, 0.5) is 4.39 Å². The van der Waals surface area contributed by atoms with E-state index in [0.717, 1.165) is 32.6 Å². The molecule has 136 valence electrons. The van der Waals surface area contributed by atoms with Crippen LogP contribution in [0.15, 0.2) is 78.9 Å². The lowest BCUT2D eigenvalue weighted by molar-refractivity contribution is 0.642. The van der Waals surface area contributed by atoms with Gasteiger partial charge in [0.1, 0.15) is 5.82 Å². The number of fused-ring (bicyclic) bond motifs is 12. The third-order valence-electron chi connectivity index (χ3n) is 6.04. The first-order chi connectivity index (χ1) is 14.3. The molecule has 1 N–H and O–H groups in total. The van der Waals surface area contributed by atoms with Crippen LogP contribution in [0, 0.1) is 5.82 Å². The molecule has 7 rings (SSSR count). The Labute approximate surface area is 169 Å². The number of hydrogen-bond donors (Lipinski definition) is 1. The van der Waals surface area contributed by atoms with Crippen molar-refractivity contribution in [3.63, 3.8) is 0 Å². The van der Waals surface area contributed by atoms with E-state index in [-0.39, 0.29) is 5.82 Å². The first-order valence-electron chi connectivity index (χ1n) is 9.66. The fraction of sp³-hybridized carbons (Fsp3) is 0. The molecule has 0 spiro atoms. The van der Waals surface area contributed by atoms with E-state index < -0.39 is 0 Å². The molecule has 0 fully saturated rings. The van der Waals surface area contributed by atoms with Crippen molar-refractivity contribution in [2.24, 2.45) is 0 Å². The average molecular weight is 391 g/mol. The molecule has 0 atom stereocenters. The zero-order valence-electron chi connectivity index (χ0n) is 15.3. The van der Waals surface area contributed by atoms with E-state index in [9.17, 15) is 0 Å². The molecule has 3 heteroatoms. The summed E-state index contributed by atoms with van der Waals surface area (Å²) in [5.41, 5.74) is 1.91. The second-order valence-electron chi connectivity index (χ2n) is 7.55. The smallest absolute Gasteiger partial charge is 0.133 e. The molecule has 0 saturated heterocycles. The highest BCUT2D eigenvalue weighted by Crippen LogP contribution is 2.46. The lowest BCUT2D eigenvalue weighted by Gasteiger charge is -2.05. The van der Waals surface area contributed by atoms with Crippen molar-refractivity contribution in [1.29, 1.82) is 0 Å². The number of aromatic nitrogens is 1. The number of halogens is 1. The van der Waals surface area contributed by atoms with Crippen molar-refractivity contribution >= 4 is 74.9 Å². The van der Waals surface area contributed by atoms with Gasteiger partial charge in [-0.2, -0.15) is 0 Å². The van der Waals surface area contributed by atoms with E-state index >= 15 is 4.39 Å². The number of aromatic amines is 1. The van der Waals surface area contributed by atoms with Crippen LogP contribution in [0.2, 0.25) is 0 Å². The first kappa shape index (κ1) is 15.5. The van der Waals surface area contributed by atoms with Crippen LogP contribution >= 0.6 is 11.3 Å². The molecule has 5 aromatic carbocycles. The Morgan fingerprint density at radius 3 is 2.10 bits per heavy atom. The highest BCUT2D eigenvalue weighted by molar-refractivity contribution is 7.27. The van der Waals surface area contributed by atoms with Crippen LogP contribution in [0.1, 0.15) is 0 Å². The van der Waals surface area contributed by atoms with Crippen LogP contribution in [-0.2, 0) is 0 Å². The number of benzene rings is 5. The molecule has 7 aromatic rings. The lowest BCUT2D eigenvalue weighted by atomic mass is 9.98. The van der Waals surface area contributed by atoms with Crippen LogP contribution < -0.4 is 0 Å². The van der Waals surface area contributed by atoms with Gasteiger partial charge in [0.25, 0.3) is 0 Å². The van der Waals surface area contributed by atoms with Gasteiger partial charge in [0.05, 0.1) is 15.7 Å². The Balaban J connectivity index is 1.89. The van der Waals surface area contributed by atoms with Crippen molar-refractivity contribution in [1.82, 2.24) is 4.98 Å². The number of hydrogen-bond acceptors (Lipinski definition) is 1. The second kappa shape index (κ2) is 5.34. The molecule has 2 aromatic heterocycles. The van der Waals surface area contributed by atoms with Crippen LogP contribution in [0.5, 0.6) is 0 Å². The van der Waals surface area contributed by atoms with Gasteiger partial charge in [-0.05, 0) is 28.3 Å². The summed E-state index contributed by atoms with van der Waals surface area (Å²) in [6.45, 7) is 0. The van der Waals surface area contributed by atoms with Gasteiger partial charge in [-0.25, -0.2) is 4.39 Å². The third kappa shape index (κ3) is 1.88. The fourth-order valence-electron chi connectivity index (χ4n) is 4.85. The van der Waals surface area contributed by atoms with Crippen LogP contribution in [0.3, 0.4) is 0 Å². The zero-order chi connectivity index (χ0) is 19.1. The summed E-state index contributed by atoms with van der Waals surface area (Å²) in [6.07, 6.45) is 0. The average Bonchev–Trinajstić information content (AvgIpc) is 3.34. The van der Waals surface area contributed by atoms with Gasteiger partial charge < -0.3 is 4.98 Å². The number of nitrogens with one attached hydrogen (secondary N) is 1. The molecule has 0 amide bonds. The summed E-state index contributed by atoms with van der Waals surface area (Å²) in [7, 11) is 0. The number of thiophene rings is 1. The van der Waals surface area contributed by atoms with Crippen molar-refractivity contribution in [2.45, 2.75) is 0 Å². The highest BCUT2D eigenvalue weighted by atomic mass is 32.1. The van der Waals surface area contributed by atoms with E-state index in [1.165, 1.54) is 25.6 Å². The molecule has 0 aliphatic carbocycles. The maximum Gasteiger partial charge on any atom is 0.133 e. The monoisotopic (exact) mass is 391 g/mol. The molecule has 2 heterocycles. The summed E-state index contributed by atoms with van der Waals surface area (Å²) in [4.78, 5) is 3.63. The molecule has 0 saturated carbocycles. The maximum absolute atomic E-state index is 15.4. The fourth-order valence-corrected chi connectivity index (χ4v) is 6.07. The Hall–Kier alpha value is -3.43. The van der Waals surface area contributed by atoms with Gasteiger partial charge >= 0.3 is 0 Å². The summed E-state index contributed by atoms with van der Waals surface area (Å²) in [6, 6.07) is 26.6. The van der Waals surface area contributed by atoms with E-state index in [4.69, 9.17) is 0 Å². The SMILES string of the molecule is Fc1cc2ccccc2c2[nH]c3c4sc5ccccc5c4c4ccccc4c3c12. The Morgan fingerprint density at radius 2 is 1.28 bits per heavy atom. The van der Waals surface area contributed by atoms with E-state index in [2.05, 4.69) is 53.5 Å².